The van der Waals surface area contributed by atoms with E-state index in [1.165, 1.54) is 7.11 Å². The average molecular weight is 309 g/mol. The number of carbonyl (C=O) groups is 1. The zero-order valence-electron chi connectivity index (χ0n) is 12.2. The number of rotatable bonds is 5. The van der Waals surface area contributed by atoms with Gasteiger partial charge in [-0.05, 0) is 31.0 Å². The number of hydrogen-bond acceptors (Lipinski definition) is 4. The van der Waals surface area contributed by atoms with Gasteiger partial charge in [0.15, 0.2) is 0 Å². The molecule has 5 nitrogen and oxygen atoms in total. The first-order chi connectivity index (χ1) is 9.99. The molecule has 2 aromatic rings. The second-order valence-corrected chi connectivity index (χ2v) is 5.18. The Hall–Kier alpha value is -1.85. The molecule has 1 aromatic heterocycles. The van der Waals surface area contributed by atoms with Gasteiger partial charge in [0, 0.05) is 18.2 Å². The second-order valence-electron chi connectivity index (χ2n) is 4.77. The highest BCUT2D eigenvalue weighted by molar-refractivity contribution is 6.31. The largest absolute Gasteiger partial charge is 0.406 e. The average Bonchev–Trinajstić information content (AvgIpc) is 2.74. The van der Waals surface area contributed by atoms with Gasteiger partial charge in [0.1, 0.15) is 6.61 Å². The van der Waals surface area contributed by atoms with Crippen LogP contribution in [0, 0.1) is 13.8 Å². The van der Waals surface area contributed by atoms with E-state index in [1.54, 1.807) is 10.7 Å². The van der Waals surface area contributed by atoms with Crippen LogP contribution in [0.2, 0.25) is 5.02 Å². The Kier molecular flexibility index (Phi) is 4.98. The molecule has 0 N–H and O–H groups in total. The summed E-state index contributed by atoms with van der Waals surface area (Å²) in [6.45, 7) is 4.17. The van der Waals surface area contributed by atoms with Crippen LogP contribution in [-0.2, 0) is 16.1 Å². The minimum Gasteiger partial charge on any atom is -0.406 e. The van der Waals surface area contributed by atoms with Crippen molar-refractivity contribution in [2.24, 2.45) is 0 Å². The van der Waals surface area contributed by atoms with Crippen LogP contribution in [0.5, 0.6) is 5.88 Å². The molecule has 0 amide bonds. The molecule has 21 heavy (non-hydrogen) atoms. The van der Waals surface area contributed by atoms with E-state index in [1.807, 2.05) is 32.0 Å². The van der Waals surface area contributed by atoms with Crippen molar-refractivity contribution in [2.75, 3.05) is 13.7 Å². The third-order valence-electron chi connectivity index (χ3n) is 2.91. The predicted octanol–water partition coefficient (Wildman–Crippen LogP) is 2.75. The molecule has 0 aliphatic carbocycles. The SMILES string of the molecule is COCC(=O)Oc1cc(C)nn1Cc1ccc(C)c(Cl)c1. The maximum atomic E-state index is 11.5. The number of benzene rings is 1. The van der Waals surface area contributed by atoms with Crippen LogP contribution in [0.15, 0.2) is 24.3 Å². The van der Waals surface area contributed by atoms with Gasteiger partial charge in [-0.15, -0.1) is 0 Å². The number of esters is 1. The van der Waals surface area contributed by atoms with Crippen LogP contribution in [0.3, 0.4) is 0 Å². The lowest BCUT2D eigenvalue weighted by molar-refractivity contribution is -0.138. The number of methoxy groups -OCH3 is 1. The number of ether oxygens (including phenoxy) is 2. The highest BCUT2D eigenvalue weighted by Gasteiger charge is 2.12. The first-order valence-electron chi connectivity index (χ1n) is 6.48. The molecule has 0 aliphatic rings. The van der Waals surface area contributed by atoms with Gasteiger partial charge in [-0.2, -0.15) is 5.10 Å². The van der Waals surface area contributed by atoms with Crippen molar-refractivity contribution in [2.45, 2.75) is 20.4 Å². The van der Waals surface area contributed by atoms with E-state index in [9.17, 15) is 4.79 Å². The third kappa shape index (κ3) is 4.06. The van der Waals surface area contributed by atoms with E-state index in [0.717, 1.165) is 16.8 Å². The predicted molar refractivity (Wildman–Crippen MR) is 79.8 cm³/mol. The summed E-state index contributed by atoms with van der Waals surface area (Å²) in [5.41, 5.74) is 2.77. The Morgan fingerprint density at radius 3 is 2.76 bits per heavy atom. The van der Waals surface area contributed by atoms with Crippen molar-refractivity contribution in [1.29, 1.82) is 0 Å². The highest BCUT2D eigenvalue weighted by Crippen LogP contribution is 2.20. The van der Waals surface area contributed by atoms with E-state index in [4.69, 9.17) is 21.1 Å². The lowest BCUT2D eigenvalue weighted by Crippen LogP contribution is -2.17. The van der Waals surface area contributed by atoms with Crippen molar-refractivity contribution in [3.8, 4) is 5.88 Å². The quantitative estimate of drug-likeness (QED) is 0.797. The molecule has 6 heteroatoms. The lowest BCUT2D eigenvalue weighted by atomic mass is 10.1. The normalized spacial score (nSPS) is 10.7. The number of halogens is 1. The number of aryl methyl sites for hydroxylation is 2. The lowest BCUT2D eigenvalue weighted by Gasteiger charge is -2.08. The van der Waals surface area contributed by atoms with Crippen molar-refractivity contribution in [3.63, 3.8) is 0 Å². The van der Waals surface area contributed by atoms with Gasteiger partial charge in [0.25, 0.3) is 0 Å². The maximum Gasteiger partial charge on any atom is 0.338 e. The molecule has 0 fully saturated rings. The fraction of sp³-hybridized carbons (Fsp3) is 0.333. The van der Waals surface area contributed by atoms with Crippen LogP contribution in [0.4, 0.5) is 0 Å². The van der Waals surface area contributed by atoms with Crippen LogP contribution < -0.4 is 4.74 Å². The van der Waals surface area contributed by atoms with Gasteiger partial charge in [-0.1, -0.05) is 23.7 Å². The van der Waals surface area contributed by atoms with Gasteiger partial charge < -0.3 is 9.47 Å². The zero-order valence-corrected chi connectivity index (χ0v) is 13.0. The van der Waals surface area contributed by atoms with Crippen molar-refractivity contribution in [1.82, 2.24) is 9.78 Å². The summed E-state index contributed by atoms with van der Waals surface area (Å²) in [6, 6.07) is 7.52. The molecule has 0 atom stereocenters. The fourth-order valence-corrected chi connectivity index (χ4v) is 2.09. The summed E-state index contributed by atoms with van der Waals surface area (Å²) in [6.07, 6.45) is 0. The van der Waals surface area contributed by atoms with Gasteiger partial charge in [-0.25, -0.2) is 9.48 Å². The number of nitrogens with zero attached hydrogens (tertiary/aromatic N) is 2. The Morgan fingerprint density at radius 1 is 1.33 bits per heavy atom. The molecule has 0 radical (unpaired) electrons. The molecule has 0 spiro atoms. The topological polar surface area (TPSA) is 53.4 Å². The molecule has 112 valence electrons. The maximum absolute atomic E-state index is 11.5. The van der Waals surface area contributed by atoms with Gasteiger partial charge in [0.05, 0.1) is 12.2 Å². The molecule has 1 aromatic carbocycles. The minimum absolute atomic E-state index is 0.0966. The highest BCUT2D eigenvalue weighted by atomic mass is 35.5. The van der Waals surface area contributed by atoms with Crippen molar-refractivity contribution < 1.29 is 14.3 Å². The van der Waals surface area contributed by atoms with Gasteiger partial charge in [-0.3, -0.25) is 0 Å². The monoisotopic (exact) mass is 308 g/mol. The first-order valence-corrected chi connectivity index (χ1v) is 6.86. The van der Waals surface area contributed by atoms with Crippen LogP contribution >= 0.6 is 11.6 Å². The van der Waals surface area contributed by atoms with Crippen LogP contribution in [0.25, 0.3) is 0 Å². The van der Waals surface area contributed by atoms with E-state index in [0.29, 0.717) is 17.4 Å². The Balaban J connectivity index is 2.19. The van der Waals surface area contributed by atoms with Gasteiger partial charge in [0.2, 0.25) is 5.88 Å². The summed E-state index contributed by atoms with van der Waals surface area (Å²) >= 11 is 6.12. The smallest absolute Gasteiger partial charge is 0.338 e. The van der Waals surface area contributed by atoms with Gasteiger partial charge >= 0.3 is 5.97 Å². The molecule has 0 aliphatic heterocycles. The summed E-state index contributed by atoms with van der Waals surface area (Å²) in [7, 11) is 1.44. The standard InChI is InChI=1S/C15H17ClN2O3/c1-10-4-5-12(7-13(10)16)8-18-14(6-11(2)17-18)21-15(19)9-20-3/h4-7H,8-9H2,1-3H3. The third-order valence-corrected chi connectivity index (χ3v) is 3.32. The van der Waals surface area contributed by atoms with Crippen LogP contribution in [-0.4, -0.2) is 29.5 Å². The molecular weight excluding hydrogens is 292 g/mol. The van der Waals surface area contributed by atoms with Crippen molar-refractivity contribution in [3.05, 3.63) is 46.1 Å². The minimum atomic E-state index is -0.458. The summed E-state index contributed by atoms with van der Waals surface area (Å²) in [4.78, 5) is 11.5. The fourth-order valence-electron chi connectivity index (χ4n) is 1.89. The van der Waals surface area contributed by atoms with Crippen LogP contribution in [0.1, 0.15) is 16.8 Å². The second kappa shape index (κ2) is 6.74. The summed E-state index contributed by atoms with van der Waals surface area (Å²) < 4.78 is 11.6. The zero-order chi connectivity index (χ0) is 15.4. The molecule has 0 saturated heterocycles. The first kappa shape index (κ1) is 15.5. The van der Waals surface area contributed by atoms with E-state index in [-0.39, 0.29) is 6.61 Å². The molecule has 0 unspecified atom stereocenters. The number of aromatic nitrogens is 2. The molecule has 2 rings (SSSR count). The van der Waals surface area contributed by atoms with E-state index >= 15 is 0 Å². The molecule has 0 bridgehead atoms. The Bertz CT molecular complexity index is 652. The van der Waals surface area contributed by atoms with Crippen molar-refractivity contribution >= 4 is 17.6 Å². The molecular formula is C15H17ClN2O3. The van der Waals surface area contributed by atoms with E-state index < -0.39 is 5.97 Å². The summed E-state index contributed by atoms with van der Waals surface area (Å²) in [5, 5.41) is 5.03. The Labute approximate surface area is 128 Å². The molecule has 1 heterocycles. The summed E-state index contributed by atoms with van der Waals surface area (Å²) in [5.74, 6) is -0.0631. The number of carbonyl (C=O) groups excluding carboxylic acids is 1. The Morgan fingerprint density at radius 2 is 2.10 bits per heavy atom. The van der Waals surface area contributed by atoms with E-state index in [2.05, 4.69) is 5.10 Å². The number of hydrogen-bond donors (Lipinski definition) is 0. The molecule has 0 saturated carbocycles.